The van der Waals surface area contributed by atoms with Crippen molar-refractivity contribution in [3.63, 3.8) is 0 Å². The fourth-order valence-corrected chi connectivity index (χ4v) is 2.52. The van der Waals surface area contributed by atoms with Crippen molar-refractivity contribution in [2.45, 2.75) is 6.92 Å². The number of aromatic nitrogens is 3. The van der Waals surface area contributed by atoms with E-state index < -0.39 is 0 Å². The van der Waals surface area contributed by atoms with Crippen LogP contribution in [0.15, 0.2) is 54.9 Å². The molecule has 1 aromatic carbocycles. The number of nitrogens with zero attached hydrogens (tertiary/aromatic N) is 4. The second-order valence-corrected chi connectivity index (χ2v) is 6.53. The average Bonchev–Trinajstić information content (AvgIpc) is 2.70. The summed E-state index contributed by atoms with van der Waals surface area (Å²) in [5, 5.41) is 6.41. The molecule has 146 valence electrons. The van der Waals surface area contributed by atoms with Crippen LogP contribution in [0.5, 0.6) is 5.75 Å². The SMILES string of the molecule is CCNc1ccc(-c2ccnc(Nc3ccc(OCCN(C)C)cc3)n2)cn1. The molecule has 0 unspecified atom stereocenters. The Morgan fingerprint density at radius 1 is 1.00 bits per heavy atom. The summed E-state index contributed by atoms with van der Waals surface area (Å²) >= 11 is 0. The van der Waals surface area contributed by atoms with E-state index >= 15 is 0 Å². The molecular weight excluding hydrogens is 352 g/mol. The number of benzene rings is 1. The van der Waals surface area contributed by atoms with Gasteiger partial charge in [-0.2, -0.15) is 0 Å². The number of rotatable bonds is 9. The number of anilines is 3. The summed E-state index contributed by atoms with van der Waals surface area (Å²) in [7, 11) is 4.05. The highest BCUT2D eigenvalue weighted by molar-refractivity contribution is 5.62. The fourth-order valence-electron chi connectivity index (χ4n) is 2.52. The van der Waals surface area contributed by atoms with E-state index in [1.54, 1.807) is 6.20 Å². The monoisotopic (exact) mass is 378 g/mol. The van der Waals surface area contributed by atoms with Gasteiger partial charge in [0.2, 0.25) is 5.95 Å². The van der Waals surface area contributed by atoms with E-state index in [4.69, 9.17) is 4.74 Å². The molecule has 0 aliphatic rings. The molecule has 0 atom stereocenters. The van der Waals surface area contributed by atoms with E-state index in [0.29, 0.717) is 12.6 Å². The van der Waals surface area contributed by atoms with Crippen molar-refractivity contribution in [2.24, 2.45) is 0 Å². The van der Waals surface area contributed by atoms with Crippen LogP contribution in [0.2, 0.25) is 0 Å². The number of pyridine rings is 1. The fraction of sp³-hybridized carbons (Fsp3) is 0.286. The van der Waals surface area contributed by atoms with Crippen LogP contribution in [-0.2, 0) is 0 Å². The lowest BCUT2D eigenvalue weighted by molar-refractivity contribution is 0.261. The molecule has 2 aromatic heterocycles. The van der Waals surface area contributed by atoms with Crippen LogP contribution in [0.4, 0.5) is 17.5 Å². The van der Waals surface area contributed by atoms with Gasteiger partial charge in [-0.25, -0.2) is 15.0 Å². The Morgan fingerprint density at radius 2 is 1.82 bits per heavy atom. The Kier molecular flexibility index (Phi) is 6.75. The maximum absolute atomic E-state index is 5.71. The van der Waals surface area contributed by atoms with Crippen LogP contribution >= 0.6 is 0 Å². The number of hydrogen-bond acceptors (Lipinski definition) is 7. The summed E-state index contributed by atoms with van der Waals surface area (Å²) in [6.45, 7) is 4.42. The number of hydrogen-bond donors (Lipinski definition) is 2. The summed E-state index contributed by atoms with van der Waals surface area (Å²) in [6.07, 6.45) is 3.55. The molecule has 0 radical (unpaired) electrons. The highest BCUT2D eigenvalue weighted by atomic mass is 16.5. The first kappa shape index (κ1) is 19.6. The molecule has 3 aromatic rings. The van der Waals surface area contributed by atoms with E-state index in [1.807, 2.05) is 69.7 Å². The Balaban J connectivity index is 1.64. The van der Waals surface area contributed by atoms with Gasteiger partial charge in [0, 0.05) is 36.7 Å². The highest BCUT2D eigenvalue weighted by Gasteiger charge is 2.04. The van der Waals surface area contributed by atoms with Crippen LogP contribution in [0, 0.1) is 0 Å². The highest BCUT2D eigenvalue weighted by Crippen LogP contribution is 2.21. The number of likely N-dealkylation sites (N-methyl/N-ethyl adjacent to an activating group) is 1. The van der Waals surface area contributed by atoms with Gasteiger partial charge in [-0.15, -0.1) is 0 Å². The quantitative estimate of drug-likeness (QED) is 0.588. The van der Waals surface area contributed by atoms with Crippen LogP contribution < -0.4 is 15.4 Å². The van der Waals surface area contributed by atoms with Gasteiger partial charge in [-0.05, 0) is 63.5 Å². The predicted molar refractivity (Wildman–Crippen MR) is 113 cm³/mol. The van der Waals surface area contributed by atoms with E-state index in [2.05, 4.69) is 30.5 Å². The first-order valence-corrected chi connectivity index (χ1v) is 9.32. The normalized spacial score (nSPS) is 10.7. The minimum atomic E-state index is 0.537. The lowest BCUT2D eigenvalue weighted by Crippen LogP contribution is -2.19. The van der Waals surface area contributed by atoms with Gasteiger partial charge in [0.15, 0.2) is 0 Å². The van der Waals surface area contributed by atoms with Gasteiger partial charge in [-0.1, -0.05) is 0 Å². The average molecular weight is 378 g/mol. The largest absolute Gasteiger partial charge is 0.492 e. The van der Waals surface area contributed by atoms with Crippen molar-refractivity contribution in [1.82, 2.24) is 19.9 Å². The molecule has 0 amide bonds. The van der Waals surface area contributed by atoms with Crippen LogP contribution in [0.3, 0.4) is 0 Å². The van der Waals surface area contributed by atoms with Crippen LogP contribution in [0.1, 0.15) is 6.92 Å². The van der Waals surface area contributed by atoms with Crippen molar-refractivity contribution in [3.05, 3.63) is 54.9 Å². The van der Waals surface area contributed by atoms with Crippen LogP contribution in [-0.4, -0.2) is 53.6 Å². The lowest BCUT2D eigenvalue weighted by Gasteiger charge is -2.11. The smallest absolute Gasteiger partial charge is 0.227 e. The molecule has 7 heteroatoms. The van der Waals surface area contributed by atoms with Crippen molar-refractivity contribution in [2.75, 3.05) is 44.4 Å². The zero-order chi connectivity index (χ0) is 19.8. The molecule has 0 spiro atoms. The predicted octanol–water partition coefficient (Wildman–Crippen LogP) is 3.65. The van der Waals surface area contributed by atoms with Crippen molar-refractivity contribution < 1.29 is 4.74 Å². The number of nitrogens with one attached hydrogen (secondary N) is 2. The molecule has 2 N–H and O–H groups in total. The molecule has 28 heavy (non-hydrogen) atoms. The van der Waals surface area contributed by atoms with Gasteiger partial charge < -0.3 is 20.3 Å². The molecule has 7 nitrogen and oxygen atoms in total. The maximum atomic E-state index is 5.71. The Labute approximate surface area is 165 Å². The van der Waals surface area contributed by atoms with Crippen molar-refractivity contribution in [1.29, 1.82) is 0 Å². The molecule has 3 rings (SSSR count). The maximum Gasteiger partial charge on any atom is 0.227 e. The summed E-state index contributed by atoms with van der Waals surface area (Å²) in [5.74, 6) is 2.23. The van der Waals surface area contributed by atoms with Gasteiger partial charge in [-0.3, -0.25) is 0 Å². The Hall–Kier alpha value is -3.19. The standard InChI is InChI=1S/C21H26N6O/c1-4-22-20-10-5-16(15-24-20)19-11-12-23-21(26-19)25-17-6-8-18(9-7-17)28-14-13-27(2)3/h5-12,15H,4,13-14H2,1-3H3,(H,22,24)(H,23,25,26). The third-order valence-electron chi connectivity index (χ3n) is 3.99. The van der Waals surface area contributed by atoms with Crippen molar-refractivity contribution >= 4 is 17.5 Å². The first-order valence-electron chi connectivity index (χ1n) is 9.32. The Morgan fingerprint density at radius 3 is 2.50 bits per heavy atom. The van der Waals surface area contributed by atoms with E-state index in [-0.39, 0.29) is 0 Å². The summed E-state index contributed by atoms with van der Waals surface area (Å²) in [5.41, 5.74) is 2.66. The summed E-state index contributed by atoms with van der Waals surface area (Å²) < 4.78 is 5.71. The second-order valence-electron chi connectivity index (χ2n) is 6.53. The molecule has 0 fully saturated rings. The summed E-state index contributed by atoms with van der Waals surface area (Å²) in [4.78, 5) is 15.4. The van der Waals surface area contributed by atoms with Gasteiger partial charge in [0.05, 0.1) is 5.69 Å². The lowest BCUT2D eigenvalue weighted by atomic mass is 10.2. The number of ether oxygens (including phenoxy) is 1. The van der Waals surface area contributed by atoms with E-state index in [0.717, 1.165) is 41.6 Å². The molecule has 0 aliphatic heterocycles. The summed E-state index contributed by atoms with van der Waals surface area (Å²) in [6, 6.07) is 13.6. The van der Waals surface area contributed by atoms with Gasteiger partial charge >= 0.3 is 0 Å². The zero-order valence-corrected chi connectivity index (χ0v) is 16.5. The zero-order valence-electron chi connectivity index (χ0n) is 16.5. The van der Waals surface area contributed by atoms with E-state index in [1.165, 1.54) is 0 Å². The minimum Gasteiger partial charge on any atom is -0.492 e. The molecular formula is C21H26N6O. The minimum absolute atomic E-state index is 0.537. The molecule has 2 heterocycles. The topological polar surface area (TPSA) is 75.2 Å². The molecule has 0 saturated carbocycles. The third-order valence-corrected chi connectivity index (χ3v) is 3.99. The van der Waals surface area contributed by atoms with Gasteiger partial charge in [0.25, 0.3) is 0 Å². The van der Waals surface area contributed by atoms with E-state index in [9.17, 15) is 0 Å². The van der Waals surface area contributed by atoms with Gasteiger partial charge in [0.1, 0.15) is 18.2 Å². The molecule has 0 saturated heterocycles. The molecule has 0 bridgehead atoms. The van der Waals surface area contributed by atoms with Crippen LogP contribution in [0.25, 0.3) is 11.3 Å². The second kappa shape index (κ2) is 9.66. The van der Waals surface area contributed by atoms with Crippen molar-refractivity contribution in [3.8, 4) is 17.0 Å². The first-order chi connectivity index (χ1) is 13.6. The Bertz CT molecular complexity index is 865. The molecule has 0 aliphatic carbocycles. The third kappa shape index (κ3) is 5.65.